The molecule has 0 amide bonds. The Morgan fingerprint density at radius 3 is 2.25 bits per heavy atom. The Labute approximate surface area is 79.7 Å². The van der Waals surface area contributed by atoms with Crippen LogP contribution in [0, 0.1) is 0 Å². The molecule has 0 aliphatic heterocycles. The van der Waals surface area contributed by atoms with Gasteiger partial charge in [0.05, 0.1) is 45.3 Å². The molecule has 0 fully saturated rings. The third kappa shape index (κ3) is 9.64. The van der Waals surface area contributed by atoms with Gasteiger partial charge >= 0.3 is 0 Å². The van der Waals surface area contributed by atoms with Crippen LogP contribution in [0.3, 0.4) is 0 Å². The fourth-order valence-electron chi connectivity index (χ4n) is 0.0750. The average Bonchev–Trinajstić information content (AvgIpc) is 1.89. The molecular formula is C5H14BrNO. The van der Waals surface area contributed by atoms with Crippen LogP contribution < -0.4 is 17.0 Å². The molecule has 0 unspecified atom stereocenters. The van der Waals surface area contributed by atoms with Crippen molar-refractivity contribution in [2.24, 2.45) is 0 Å². The highest BCUT2D eigenvalue weighted by Gasteiger charge is 2.02. The number of quaternary nitrogens is 1. The van der Waals surface area contributed by atoms with Gasteiger partial charge in [0.25, 0.3) is 0 Å². The maximum atomic E-state index is 9.16. The summed E-state index contributed by atoms with van der Waals surface area (Å²) >= 11 is 0. The molecule has 3 heteroatoms. The Balaban J connectivity index is 0. The first-order chi connectivity index (χ1) is 8.25. The van der Waals surface area contributed by atoms with Gasteiger partial charge < -0.3 is 26.6 Å². The van der Waals surface area contributed by atoms with E-state index in [-0.39, 0.29) is 17.0 Å². The summed E-state index contributed by atoms with van der Waals surface area (Å²) in [6, 6.07) is 0. The van der Waals surface area contributed by atoms with E-state index in [9.17, 15) is 0 Å². The van der Waals surface area contributed by atoms with Crippen molar-refractivity contribution < 1.29 is 44.4 Å². The van der Waals surface area contributed by atoms with Gasteiger partial charge in [0.15, 0.2) is 0 Å². The van der Waals surface area contributed by atoms with Crippen LogP contribution in [0.2, 0.25) is 0 Å². The maximum absolute atomic E-state index is 9.16. The van der Waals surface area contributed by atoms with Gasteiger partial charge in [-0.2, -0.15) is 0 Å². The molecule has 0 rings (SSSR count). The van der Waals surface area contributed by atoms with E-state index in [2.05, 4.69) is 0 Å². The van der Waals surface area contributed by atoms with E-state index < -0.39 is 38.5 Å². The highest BCUT2D eigenvalue weighted by molar-refractivity contribution is 4.19. The predicted molar refractivity (Wildman–Crippen MR) is 30.0 cm³/mol. The van der Waals surface area contributed by atoms with Crippen LogP contribution >= 0.6 is 0 Å². The Kier molecular flexibility index (Phi) is 0.656. The molecule has 0 saturated heterocycles. The van der Waals surface area contributed by atoms with Crippen LogP contribution in [0.25, 0.3) is 0 Å². The molecule has 0 spiro atoms. The SMILES string of the molecule is [2H]C([2H])(O)C([2H])([2H])[N+](C([2H])([2H])[2H])(C([2H])([2H])[2H])C([2H])([2H])[2H].[Br-]. The van der Waals surface area contributed by atoms with Crippen LogP contribution in [0.5, 0.6) is 0 Å². The van der Waals surface area contributed by atoms with E-state index in [0.717, 1.165) is 0 Å². The fourth-order valence-corrected chi connectivity index (χ4v) is 0.0750. The van der Waals surface area contributed by atoms with Gasteiger partial charge in [-0.3, -0.25) is 0 Å². The summed E-state index contributed by atoms with van der Waals surface area (Å²) in [7, 11) is 0. The van der Waals surface area contributed by atoms with Gasteiger partial charge in [0, 0.05) is 0 Å². The first-order valence-corrected chi connectivity index (χ1v) is 1.37. The molecule has 8 heavy (non-hydrogen) atoms. The molecule has 0 aliphatic rings. The van der Waals surface area contributed by atoms with E-state index in [1.807, 2.05) is 0 Å². The van der Waals surface area contributed by atoms with Crippen LogP contribution in [-0.4, -0.2) is 43.6 Å². The summed E-state index contributed by atoms with van der Waals surface area (Å²) in [5.41, 5.74) is 0. The van der Waals surface area contributed by atoms with Crippen molar-refractivity contribution in [3.63, 3.8) is 0 Å². The number of aliphatic hydroxyl groups is 1. The Hall–Kier alpha value is 0.400. The molecule has 0 radical (unpaired) electrons. The van der Waals surface area contributed by atoms with Crippen LogP contribution in [0.15, 0.2) is 0 Å². The maximum Gasteiger partial charge on any atom is 0.101 e. The van der Waals surface area contributed by atoms with Crippen molar-refractivity contribution in [2.45, 2.75) is 0 Å². The molecule has 1 N–H and O–H groups in total. The quantitative estimate of drug-likeness (QED) is 0.460. The third-order valence-electron chi connectivity index (χ3n) is 0.218. The number of rotatable bonds is 2. The number of nitrogens with zero attached hydrogens (tertiary/aromatic N) is 1. The second-order valence-corrected chi connectivity index (χ2v) is 0.894. The molecule has 0 aromatic carbocycles. The number of halogens is 1. The lowest BCUT2D eigenvalue weighted by Gasteiger charge is -2.21. The minimum Gasteiger partial charge on any atom is -1.00 e. The molecule has 0 atom stereocenters. The van der Waals surface area contributed by atoms with Gasteiger partial charge in [-0.1, -0.05) is 0 Å². The monoisotopic (exact) mass is 196 g/mol. The van der Waals surface area contributed by atoms with Crippen LogP contribution in [-0.2, 0) is 0 Å². The highest BCUT2D eigenvalue weighted by atomic mass is 79.9. The molecule has 0 aromatic heterocycles. The molecule has 0 heterocycles. The van der Waals surface area contributed by atoms with Crippen molar-refractivity contribution in [1.82, 2.24) is 0 Å². The molecule has 0 aromatic rings. The zero-order valence-electron chi connectivity index (χ0n) is 16.8. The van der Waals surface area contributed by atoms with Crippen molar-refractivity contribution in [3.05, 3.63) is 0 Å². The summed E-state index contributed by atoms with van der Waals surface area (Å²) in [5.74, 6) is 0. The first kappa shape index (κ1) is 1.22. The molecule has 0 bridgehead atoms. The number of likely N-dealkylation sites (N-methyl/N-ethyl adjacent to an activating group) is 1. The lowest BCUT2D eigenvalue weighted by Crippen LogP contribution is -3.00. The minimum absolute atomic E-state index is 0. The Morgan fingerprint density at radius 2 is 2.12 bits per heavy atom. The fraction of sp³-hybridized carbons (Fsp3) is 1.00. The first-order valence-electron chi connectivity index (χ1n) is 7.87. The van der Waals surface area contributed by atoms with E-state index in [1.54, 1.807) is 0 Å². The number of hydrogen-bond donors (Lipinski definition) is 1. The lowest BCUT2D eigenvalue weighted by molar-refractivity contribution is -0.870. The van der Waals surface area contributed by atoms with Crippen LogP contribution in [0.1, 0.15) is 17.8 Å². The van der Waals surface area contributed by atoms with Gasteiger partial charge in [-0.15, -0.1) is 0 Å². The summed E-state index contributed by atoms with van der Waals surface area (Å²) in [6.07, 6.45) is 0. The van der Waals surface area contributed by atoms with E-state index in [4.69, 9.17) is 22.9 Å². The Morgan fingerprint density at radius 1 is 1.62 bits per heavy atom. The second kappa shape index (κ2) is 4.30. The van der Waals surface area contributed by atoms with Crippen molar-refractivity contribution in [2.75, 3.05) is 34.0 Å². The topological polar surface area (TPSA) is 20.2 Å². The molecule has 52 valence electrons. The van der Waals surface area contributed by atoms with E-state index in [1.165, 1.54) is 0 Å². The summed E-state index contributed by atoms with van der Waals surface area (Å²) in [6.45, 7) is -20.2. The standard InChI is InChI=1S/C5H14NO.BrH/c1-6(2,3)4-5-7;/h7H,4-5H2,1-3H3;1H/q+1;/p-1/i1D3,2D3,3D3,4D2,5D2;. The van der Waals surface area contributed by atoms with Gasteiger partial charge in [0.2, 0.25) is 0 Å². The van der Waals surface area contributed by atoms with Gasteiger partial charge in [-0.05, 0) is 0 Å². The average molecular weight is 197 g/mol. The summed E-state index contributed by atoms with van der Waals surface area (Å²) < 4.78 is 89.7. The summed E-state index contributed by atoms with van der Waals surface area (Å²) in [4.78, 5) is 0. The van der Waals surface area contributed by atoms with E-state index in [0.29, 0.717) is 0 Å². The number of hydrogen-bond acceptors (Lipinski definition) is 1. The normalized spacial score (nSPS) is 42.9. The van der Waals surface area contributed by atoms with Crippen molar-refractivity contribution in [1.29, 1.82) is 0 Å². The molecule has 0 aliphatic carbocycles. The minimum atomic E-state index is -4.16. The lowest BCUT2D eigenvalue weighted by atomic mass is 10.5. The van der Waals surface area contributed by atoms with Gasteiger partial charge in [-0.25, -0.2) is 0 Å². The zero-order valence-corrected chi connectivity index (χ0v) is 5.36. The second-order valence-electron chi connectivity index (χ2n) is 0.894. The third-order valence-corrected chi connectivity index (χ3v) is 0.218. The van der Waals surface area contributed by atoms with Crippen molar-refractivity contribution in [3.8, 4) is 0 Å². The highest BCUT2D eigenvalue weighted by Crippen LogP contribution is 1.84. The van der Waals surface area contributed by atoms with Crippen molar-refractivity contribution >= 4 is 0 Å². The van der Waals surface area contributed by atoms with E-state index >= 15 is 0 Å². The molecular weight excluding hydrogens is 170 g/mol. The van der Waals surface area contributed by atoms with Gasteiger partial charge in [0.1, 0.15) is 6.50 Å². The Bertz CT molecular complexity index is 325. The summed E-state index contributed by atoms with van der Waals surface area (Å²) in [5, 5.41) is 9.16. The molecule has 2 nitrogen and oxygen atoms in total. The largest absolute Gasteiger partial charge is 1.00 e. The zero-order chi connectivity index (χ0) is 17.0. The molecule has 0 saturated carbocycles. The predicted octanol–water partition coefficient (Wildman–Crippen LogP) is -3.31. The van der Waals surface area contributed by atoms with Crippen LogP contribution in [0.4, 0.5) is 0 Å². The smallest absolute Gasteiger partial charge is 0.101 e.